The van der Waals surface area contributed by atoms with Crippen molar-refractivity contribution >= 4 is 28.9 Å². The summed E-state index contributed by atoms with van der Waals surface area (Å²) in [6.07, 6.45) is 2.54. The molecule has 1 aromatic carbocycles. The summed E-state index contributed by atoms with van der Waals surface area (Å²) in [5.41, 5.74) is 3.13. The quantitative estimate of drug-likeness (QED) is 0.880. The van der Waals surface area contributed by atoms with Crippen LogP contribution in [0, 0.1) is 6.92 Å². The number of rotatable bonds is 5. The molecule has 0 fully saturated rings. The molecule has 2 rings (SSSR count). The molecule has 0 aliphatic heterocycles. The number of nitrogens with one attached hydrogen (secondary N) is 2. The molecule has 0 spiro atoms. The fourth-order valence-electron chi connectivity index (χ4n) is 1.83. The van der Waals surface area contributed by atoms with E-state index in [1.807, 2.05) is 38.1 Å². The predicted octanol–water partition coefficient (Wildman–Crippen LogP) is 3.93. The van der Waals surface area contributed by atoms with Gasteiger partial charge in [-0.3, -0.25) is 4.79 Å². The minimum Gasteiger partial charge on any atom is -0.354 e. The van der Waals surface area contributed by atoms with E-state index in [-0.39, 0.29) is 5.91 Å². The molecule has 0 aliphatic rings. The van der Waals surface area contributed by atoms with E-state index < -0.39 is 0 Å². The number of hydrogen-bond acceptors (Lipinski definition) is 3. The molecule has 2 aromatic rings. The smallest absolute Gasteiger partial charge is 0.269 e. The standard InChI is InChI=1S/C16H18ClN3O/c1-3-9-18-16(21)15-8-7-12(10-19-15)20-14-6-4-5-13(17)11(14)2/h4-8,10,20H,3,9H2,1-2H3,(H,18,21). The summed E-state index contributed by atoms with van der Waals surface area (Å²) in [7, 11) is 0. The topological polar surface area (TPSA) is 54.0 Å². The highest BCUT2D eigenvalue weighted by atomic mass is 35.5. The molecule has 1 heterocycles. The molecule has 0 saturated heterocycles. The van der Waals surface area contributed by atoms with E-state index in [0.29, 0.717) is 17.3 Å². The maximum Gasteiger partial charge on any atom is 0.269 e. The highest BCUT2D eigenvalue weighted by Crippen LogP contribution is 2.25. The van der Waals surface area contributed by atoms with Crippen LogP contribution in [-0.4, -0.2) is 17.4 Å². The fraction of sp³-hybridized carbons (Fsp3) is 0.250. The number of aromatic nitrogens is 1. The van der Waals surface area contributed by atoms with Crippen LogP contribution in [0.15, 0.2) is 36.5 Å². The van der Waals surface area contributed by atoms with Gasteiger partial charge in [0.05, 0.1) is 11.9 Å². The number of carbonyl (C=O) groups excluding carboxylic acids is 1. The molecule has 0 bridgehead atoms. The SMILES string of the molecule is CCCNC(=O)c1ccc(Nc2cccc(Cl)c2C)cn1. The van der Waals surface area contributed by atoms with Crippen molar-refractivity contribution in [1.29, 1.82) is 0 Å². The van der Waals surface area contributed by atoms with Gasteiger partial charge in [0.2, 0.25) is 0 Å². The Kier molecular flexibility index (Phi) is 5.17. The molecule has 1 amide bonds. The molecule has 21 heavy (non-hydrogen) atoms. The lowest BCUT2D eigenvalue weighted by Crippen LogP contribution is -2.24. The number of carbonyl (C=O) groups is 1. The first-order valence-corrected chi connectivity index (χ1v) is 7.26. The summed E-state index contributed by atoms with van der Waals surface area (Å²) in [4.78, 5) is 15.9. The van der Waals surface area contributed by atoms with Gasteiger partial charge in [0.25, 0.3) is 5.91 Å². The van der Waals surface area contributed by atoms with Crippen molar-refractivity contribution in [2.75, 3.05) is 11.9 Å². The molecule has 0 radical (unpaired) electrons. The van der Waals surface area contributed by atoms with Crippen LogP contribution in [0.25, 0.3) is 0 Å². The van der Waals surface area contributed by atoms with Gasteiger partial charge in [-0.1, -0.05) is 24.6 Å². The molecule has 4 nitrogen and oxygen atoms in total. The minimum atomic E-state index is -0.151. The van der Waals surface area contributed by atoms with Crippen LogP contribution in [-0.2, 0) is 0 Å². The summed E-state index contributed by atoms with van der Waals surface area (Å²) < 4.78 is 0. The molecule has 0 unspecified atom stereocenters. The third kappa shape index (κ3) is 3.95. The predicted molar refractivity (Wildman–Crippen MR) is 86.3 cm³/mol. The second kappa shape index (κ2) is 7.09. The van der Waals surface area contributed by atoms with Gasteiger partial charge in [0, 0.05) is 17.3 Å². The van der Waals surface area contributed by atoms with Crippen LogP contribution in [0.2, 0.25) is 5.02 Å². The second-order valence-electron chi connectivity index (χ2n) is 4.73. The molecular formula is C16H18ClN3O. The number of halogens is 1. The number of pyridine rings is 1. The molecule has 2 N–H and O–H groups in total. The van der Waals surface area contributed by atoms with Crippen molar-refractivity contribution in [1.82, 2.24) is 10.3 Å². The largest absolute Gasteiger partial charge is 0.354 e. The summed E-state index contributed by atoms with van der Waals surface area (Å²) in [5, 5.41) is 6.75. The molecule has 1 aromatic heterocycles. The zero-order chi connectivity index (χ0) is 15.2. The van der Waals surface area contributed by atoms with E-state index in [1.54, 1.807) is 12.3 Å². The number of amides is 1. The number of nitrogens with zero attached hydrogens (tertiary/aromatic N) is 1. The third-order valence-corrected chi connectivity index (χ3v) is 3.49. The van der Waals surface area contributed by atoms with Crippen LogP contribution in [0.5, 0.6) is 0 Å². The Labute approximate surface area is 129 Å². The lowest BCUT2D eigenvalue weighted by molar-refractivity contribution is 0.0949. The Bertz CT molecular complexity index is 626. The van der Waals surface area contributed by atoms with E-state index >= 15 is 0 Å². The highest BCUT2D eigenvalue weighted by molar-refractivity contribution is 6.31. The van der Waals surface area contributed by atoms with Crippen molar-refractivity contribution in [2.24, 2.45) is 0 Å². The van der Waals surface area contributed by atoms with Gasteiger partial charge in [-0.25, -0.2) is 4.98 Å². The average Bonchev–Trinajstić information content (AvgIpc) is 2.50. The lowest BCUT2D eigenvalue weighted by atomic mass is 10.2. The van der Waals surface area contributed by atoms with E-state index in [9.17, 15) is 4.79 Å². The summed E-state index contributed by atoms with van der Waals surface area (Å²) >= 11 is 6.09. The van der Waals surface area contributed by atoms with Gasteiger partial charge in [-0.2, -0.15) is 0 Å². The molecular weight excluding hydrogens is 286 g/mol. The third-order valence-electron chi connectivity index (χ3n) is 3.08. The summed E-state index contributed by atoms with van der Waals surface area (Å²) in [5.74, 6) is -0.151. The molecule has 0 saturated carbocycles. The van der Waals surface area contributed by atoms with Crippen LogP contribution in [0.3, 0.4) is 0 Å². The van der Waals surface area contributed by atoms with Crippen molar-refractivity contribution < 1.29 is 4.79 Å². The number of anilines is 2. The zero-order valence-corrected chi connectivity index (χ0v) is 12.9. The Balaban J connectivity index is 2.09. The normalized spacial score (nSPS) is 10.2. The average molecular weight is 304 g/mol. The Morgan fingerprint density at radius 2 is 2.10 bits per heavy atom. The van der Waals surface area contributed by atoms with Gasteiger partial charge in [-0.15, -0.1) is 0 Å². The van der Waals surface area contributed by atoms with E-state index in [1.165, 1.54) is 0 Å². The van der Waals surface area contributed by atoms with E-state index in [2.05, 4.69) is 15.6 Å². The van der Waals surface area contributed by atoms with Gasteiger partial charge in [0.1, 0.15) is 5.69 Å². The zero-order valence-electron chi connectivity index (χ0n) is 12.1. The summed E-state index contributed by atoms with van der Waals surface area (Å²) in [6.45, 7) is 4.61. The second-order valence-corrected chi connectivity index (χ2v) is 5.13. The molecule has 5 heteroatoms. The molecule has 110 valence electrons. The first kappa shape index (κ1) is 15.3. The Morgan fingerprint density at radius 1 is 1.29 bits per heavy atom. The number of hydrogen-bond donors (Lipinski definition) is 2. The first-order chi connectivity index (χ1) is 10.1. The summed E-state index contributed by atoms with van der Waals surface area (Å²) in [6, 6.07) is 9.21. The lowest BCUT2D eigenvalue weighted by Gasteiger charge is -2.10. The van der Waals surface area contributed by atoms with Crippen LogP contribution < -0.4 is 10.6 Å². The van der Waals surface area contributed by atoms with E-state index in [0.717, 1.165) is 23.4 Å². The Hall–Kier alpha value is -2.07. The van der Waals surface area contributed by atoms with Crippen LogP contribution >= 0.6 is 11.6 Å². The molecule has 0 atom stereocenters. The van der Waals surface area contributed by atoms with Crippen molar-refractivity contribution in [3.05, 3.63) is 52.8 Å². The van der Waals surface area contributed by atoms with Gasteiger partial charge in [0.15, 0.2) is 0 Å². The van der Waals surface area contributed by atoms with Crippen LogP contribution in [0.1, 0.15) is 29.4 Å². The van der Waals surface area contributed by atoms with Crippen molar-refractivity contribution in [3.63, 3.8) is 0 Å². The van der Waals surface area contributed by atoms with Crippen molar-refractivity contribution in [2.45, 2.75) is 20.3 Å². The van der Waals surface area contributed by atoms with Gasteiger partial charge in [-0.05, 0) is 43.2 Å². The monoisotopic (exact) mass is 303 g/mol. The maximum absolute atomic E-state index is 11.8. The molecule has 0 aliphatic carbocycles. The van der Waals surface area contributed by atoms with Gasteiger partial charge >= 0.3 is 0 Å². The van der Waals surface area contributed by atoms with Gasteiger partial charge < -0.3 is 10.6 Å². The first-order valence-electron chi connectivity index (χ1n) is 6.88. The maximum atomic E-state index is 11.8. The Morgan fingerprint density at radius 3 is 2.76 bits per heavy atom. The van der Waals surface area contributed by atoms with Crippen LogP contribution in [0.4, 0.5) is 11.4 Å². The van der Waals surface area contributed by atoms with Crippen molar-refractivity contribution in [3.8, 4) is 0 Å². The highest BCUT2D eigenvalue weighted by Gasteiger charge is 2.07. The van der Waals surface area contributed by atoms with E-state index in [4.69, 9.17) is 11.6 Å². The number of benzene rings is 1. The fourth-order valence-corrected chi connectivity index (χ4v) is 2.00. The minimum absolute atomic E-state index is 0.151.